The van der Waals surface area contributed by atoms with Crippen LogP contribution < -0.4 is 19.5 Å². The molecule has 0 heterocycles. The van der Waals surface area contributed by atoms with E-state index in [-0.39, 0.29) is 12.3 Å². The molecule has 1 amide bonds. The maximum atomic E-state index is 12.2. The van der Waals surface area contributed by atoms with Crippen molar-refractivity contribution in [3.63, 3.8) is 0 Å². The molecule has 0 aromatic heterocycles. The van der Waals surface area contributed by atoms with E-state index in [0.29, 0.717) is 23.6 Å². The molecular formula is C21H25NO6. The van der Waals surface area contributed by atoms with Crippen molar-refractivity contribution in [3.8, 4) is 17.2 Å². The Kier molecular flexibility index (Phi) is 7.68. The third-order valence-corrected chi connectivity index (χ3v) is 4.10. The maximum Gasteiger partial charge on any atom is 0.311 e. The van der Waals surface area contributed by atoms with Crippen LogP contribution in [0.5, 0.6) is 17.2 Å². The number of carbonyl (C=O) groups is 2. The smallest absolute Gasteiger partial charge is 0.311 e. The summed E-state index contributed by atoms with van der Waals surface area (Å²) in [6.07, 6.45) is -0.873. The van der Waals surface area contributed by atoms with Crippen LogP contribution in [0.15, 0.2) is 42.5 Å². The zero-order chi connectivity index (χ0) is 20.5. The molecule has 2 aromatic rings. The molecule has 0 aliphatic rings. The third kappa shape index (κ3) is 5.90. The lowest BCUT2D eigenvalue weighted by Crippen LogP contribution is -2.35. The van der Waals surface area contributed by atoms with Crippen molar-refractivity contribution < 1.29 is 28.5 Å². The Morgan fingerprint density at radius 3 is 2.14 bits per heavy atom. The second-order valence-corrected chi connectivity index (χ2v) is 6.06. The Hall–Kier alpha value is -3.22. The highest BCUT2D eigenvalue weighted by Crippen LogP contribution is 2.27. The predicted octanol–water partition coefficient (Wildman–Crippen LogP) is 2.50. The Morgan fingerprint density at radius 2 is 1.54 bits per heavy atom. The number of carbonyl (C=O) groups excluding carboxylic acids is 2. The summed E-state index contributed by atoms with van der Waals surface area (Å²) in [6, 6.07) is 12.5. The Morgan fingerprint density at radius 1 is 0.893 bits per heavy atom. The van der Waals surface area contributed by atoms with E-state index in [0.717, 1.165) is 11.3 Å². The highest BCUT2D eigenvalue weighted by atomic mass is 16.5. The maximum absolute atomic E-state index is 12.2. The number of ether oxygens (including phenoxy) is 4. The molecule has 2 rings (SSSR count). The molecule has 1 N–H and O–H groups in total. The van der Waals surface area contributed by atoms with E-state index in [9.17, 15) is 9.59 Å². The van der Waals surface area contributed by atoms with E-state index in [1.807, 2.05) is 24.3 Å². The third-order valence-electron chi connectivity index (χ3n) is 4.10. The van der Waals surface area contributed by atoms with Gasteiger partial charge in [-0.3, -0.25) is 9.59 Å². The van der Waals surface area contributed by atoms with Crippen molar-refractivity contribution in [2.75, 3.05) is 21.3 Å². The van der Waals surface area contributed by atoms with Gasteiger partial charge in [0, 0.05) is 6.54 Å². The monoisotopic (exact) mass is 387 g/mol. The first-order valence-electron chi connectivity index (χ1n) is 8.77. The second-order valence-electron chi connectivity index (χ2n) is 6.06. The largest absolute Gasteiger partial charge is 0.497 e. The van der Waals surface area contributed by atoms with Gasteiger partial charge in [-0.1, -0.05) is 18.2 Å². The van der Waals surface area contributed by atoms with Gasteiger partial charge in [0.15, 0.2) is 17.6 Å². The molecule has 1 atom stereocenters. The van der Waals surface area contributed by atoms with E-state index < -0.39 is 12.1 Å². The topological polar surface area (TPSA) is 83.1 Å². The molecule has 0 fully saturated rings. The van der Waals surface area contributed by atoms with Crippen molar-refractivity contribution >= 4 is 11.9 Å². The van der Waals surface area contributed by atoms with Crippen LogP contribution >= 0.6 is 0 Å². The highest BCUT2D eigenvalue weighted by molar-refractivity contribution is 5.83. The lowest BCUT2D eigenvalue weighted by atomic mass is 10.1. The van der Waals surface area contributed by atoms with Gasteiger partial charge in [-0.2, -0.15) is 0 Å². The number of methoxy groups -OCH3 is 3. The number of benzene rings is 2. The molecule has 28 heavy (non-hydrogen) atoms. The first-order valence-corrected chi connectivity index (χ1v) is 8.77. The molecule has 0 spiro atoms. The minimum absolute atomic E-state index is 0.0243. The van der Waals surface area contributed by atoms with Crippen molar-refractivity contribution in [1.82, 2.24) is 5.32 Å². The predicted molar refractivity (Wildman–Crippen MR) is 104 cm³/mol. The summed E-state index contributed by atoms with van der Waals surface area (Å²) >= 11 is 0. The van der Waals surface area contributed by atoms with Gasteiger partial charge in [-0.25, -0.2) is 0 Å². The fourth-order valence-electron chi connectivity index (χ4n) is 2.53. The van der Waals surface area contributed by atoms with E-state index in [4.69, 9.17) is 18.9 Å². The van der Waals surface area contributed by atoms with Crippen LogP contribution in [0, 0.1) is 0 Å². The summed E-state index contributed by atoms with van der Waals surface area (Å²) in [5, 5.41) is 2.75. The van der Waals surface area contributed by atoms with Crippen molar-refractivity contribution in [1.29, 1.82) is 0 Å². The molecule has 7 nitrogen and oxygen atoms in total. The summed E-state index contributed by atoms with van der Waals surface area (Å²) in [4.78, 5) is 24.3. The molecule has 0 aliphatic heterocycles. The van der Waals surface area contributed by atoms with Gasteiger partial charge in [0.25, 0.3) is 5.91 Å². The van der Waals surface area contributed by atoms with Crippen LogP contribution in [0.1, 0.15) is 18.1 Å². The quantitative estimate of drug-likeness (QED) is 0.666. The molecule has 0 unspecified atom stereocenters. The standard InChI is InChI=1S/C21H25NO6/c1-14(21(24)22-13-15-5-8-17(25-2)9-6-15)28-20(23)12-16-7-10-18(26-3)19(11-16)27-4/h5-11,14H,12-13H2,1-4H3,(H,22,24)/t14-/m1/s1. The fraction of sp³-hybridized carbons (Fsp3) is 0.333. The van der Waals surface area contributed by atoms with Gasteiger partial charge < -0.3 is 24.3 Å². The minimum Gasteiger partial charge on any atom is -0.497 e. The first-order chi connectivity index (χ1) is 13.5. The summed E-state index contributed by atoms with van der Waals surface area (Å²) < 4.78 is 20.7. The number of hydrogen-bond donors (Lipinski definition) is 1. The number of nitrogens with one attached hydrogen (secondary N) is 1. The van der Waals surface area contributed by atoms with Crippen LogP contribution in [0.2, 0.25) is 0 Å². The van der Waals surface area contributed by atoms with Crippen molar-refractivity contribution in [2.45, 2.75) is 26.0 Å². The van der Waals surface area contributed by atoms with Crippen molar-refractivity contribution in [3.05, 3.63) is 53.6 Å². The average Bonchev–Trinajstić information content (AvgIpc) is 2.71. The molecule has 0 radical (unpaired) electrons. The van der Waals surface area contributed by atoms with Crippen LogP contribution in [-0.2, 0) is 27.3 Å². The molecule has 7 heteroatoms. The lowest BCUT2D eigenvalue weighted by molar-refractivity contribution is -0.154. The van der Waals surface area contributed by atoms with Crippen LogP contribution in [0.4, 0.5) is 0 Å². The summed E-state index contributed by atoms with van der Waals surface area (Å²) in [5.41, 5.74) is 1.62. The molecular weight excluding hydrogens is 362 g/mol. The normalized spacial score (nSPS) is 11.3. The zero-order valence-corrected chi connectivity index (χ0v) is 16.5. The van der Waals surface area contributed by atoms with Crippen LogP contribution in [-0.4, -0.2) is 39.3 Å². The van der Waals surface area contributed by atoms with E-state index in [1.165, 1.54) is 21.1 Å². The van der Waals surface area contributed by atoms with Gasteiger partial charge >= 0.3 is 5.97 Å². The molecule has 0 bridgehead atoms. The van der Waals surface area contributed by atoms with E-state index in [2.05, 4.69) is 5.32 Å². The molecule has 0 aliphatic carbocycles. The number of rotatable bonds is 9. The summed E-state index contributed by atoms with van der Waals surface area (Å²) in [5.74, 6) is 0.979. The lowest BCUT2D eigenvalue weighted by Gasteiger charge is -2.14. The van der Waals surface area contributed by atoms with Gasteiger partial charge in [0.2, 0.25) is 0 Å². The fourth-order valence-corrected chi connectivity index (χ4v) is 2.53. The minimum atomic E-state index is -0.897. The van der Waals surface area contributed by atoms with Gasteiger partial charge in [0.1, 0.15) is 5.75 Å². The van der Waals surface area contributed by atoms with Gasteiger partial charge in [-0.15, -0.1) is 0 Å². The van der Waals surface area contributed by atoms with Crippen LogP contribution in [0.25, 0.3) is 0 Å². The number of amides is 1. The Labute approximate surface area is 164 Å². The number of esters is 1. The average molecular weight is 387 g/mol. The van der Waals surface area contributed by atoms with Gasteiger partial charge in [-0.05, 0) is 42.3 Å². The second kappa shape index (κ2) is 10.2. The van der Waals surface area contributed by atoms with Gasteiger partial charge in [0.05, 0.1) is 27.8 Å². The molecule has 2 aromatic carbocycles. The van der Waals surface area contributed by atoms with E-state index >= 15 is 0 Å². The molecule has 0 saturated heterocycles. The Bertz CT molecular complexity index is 803. The van der Waals surface area contributed by atoms with Crippen LogP contribution in [0.3, 0.4) is 0 Å². The summed E-state index contributed by atoms with van der Waals surface area (Å²) in [7, 11) is 4.65. The highest BCUT2D eigenvalue weighted by Gasteiger charge is 2.18. The molecule has 150 valence electrons. The zero-order valence-electron chi connectivity index (χ0n) is 16.5. The molecule has 0 saturated carbocycles. The first kappa shape index (κ1) is 21.1. The number of hydrogen-bond acceptors (Lipinski definition) is 6. The van der Waals surface area contributed by atoms with Crippen molar-refractivity contribution in [2.24, 2.45) is 0 Å². The van der Waals surface area contributed by atoms with E-state index in [1.54, 1.807) is 25.3 Å². The SMILES string of the molecule is COc1ccc(CNC(=O)[C@@H](C)OC(=O)Cc2ccc(OC)c(OC)c2)cc1. The Balaban J connectivity index is 1.84. The summed E-state index contributed by atoms with van der Waals surface area (Å²) in [6.45, 7) is 1.87.